The second-order valence-corrected chi connectivity index (χ2v) is 10.4. The number of amides is 1. The summed E-state index contributed by atoms with van der Waals surface area (Å²) in [5.41, 5.74) is 12.9. The van der Waals surface area contributed by atoms with Gasteiger partial charge in [0.1, 0.15) is 23.9 Å². The fourth-order valence-electron chi connectivity index (χ4n) is 5.80. The van der Waals surface area contributed by atoms with E-state index in [4.69, 9.17) is 29.4 Å². The van der Waals surface area contributed by atoms with Crippen LogP contribution in [-0.4, -0.2) is 45.5 Å². The summed E-state index contributed by atoms with van der Waals surface area (Å²) in [5, 5.41) is 0. The molecule has 0 aliphatic carbocycles. The largest absolute Gasteiger partial charge is 0.492 e. The molecule has 1 atom stereocenters. The number of nitrogens with two attached hydrogens (primary N) is 1. The highest BCUT2D eigenvalue weighted by Crippen LogP contribution is 2.43. The van der Waals surface area contributed by atoms with Crippen molar-refractivity contribution < 1.29 is 28.5 Å². The van der Waals surface area contributed by atoms with Crippen molar-refractivity contribution in [3.63, 3.8) is 0 Å². The van der Waals surface area contributed by atoms with Gasteiger partial charge in [-0.05, 0) is 59.9 Å². The van der Waals surface area contributed by atoms with Crippen molar-refractivity contribution in [1.82, 2.24) is 0 Å². The molecule has 0 radical (unpaired) electrons. The van der Waals surface area contributed by atoms with Crippen LogP contribution in [0, 0.1) is 13.8 Å². The zero-order valence-corrected chi connectivity index (χ0v) is 22.5. The summed E-state index contributed by atoms with van der Waals surface area (Å²) in [4.78, 5) is 11.3. The lowest BCUT2D eigenvalue weighted by molar-refractivity contribution is -0.118. The fourth-order valence-corrected chi connectivity index (χ4v) is 5.80. The number of benzene rings is 3. The first kappa shape index (κ1) is 26.1. The molecule has 2 aliphatic heterocycles. The Morgan fingerprint density at radius 1 is 1.05 bits per heavy atom. The van der Waals surface area contributed by atoms with Crippen LogP contribution in [0.25, 0.3) is 11.1 Å². The minimum atomic E-state index is -0.503. The topological polar surface area (TPSA) is 89.2 Å². The molecule has 3 aromatic carbocycles. The molecule has 2 aliphatic rings. The van der Waals surface area contributed by atoms with Crippen LogP contribution < -0.4 is 19.9 Å². The molecule has 200 valence electrons. The first-order valence-corrected chi connectivity index (χ1v) is 12.9. The van der Waals surface area contributed by atoms with Gasteiger partial charge >= 0.3 is 0 Å². The number of carbonyl (C=O) groups is 1. The van der Waals surface area contributed by atoms with E-state index in [0.717, 1.165) is 45.9 Å². The normalized spacial score (nSPS) is 16.9. The Balaban J connectivity index is 1.34. The number of ether oxygens (including phenoxy) is 5. The Kier molecular flexibility index (Phi) is 7.32. The van der Waals surface area contributed by atoms with E-state index in [1.165, 1.54) is 16.7 Å². The maximum absolute atomic E-state index is 11.3. The van der Waals surface area contributed by atoms with Crippen LogP contribution in [0.5, 0.6) is 17.2 Å². The van der Waals surface area contributed by atoms with Gasteiger partial charge in [-0.1, -0.05) is 24.3 Å². The van der Waals surface area contributed by atoms with Crippen LogP contribution >= 0.6 is 0 Å². The third-order valence-electron chi connectivity index (χ3n) is 7.44. The predicted octanol–water partition coefficient (Wildman–Crippen LogP) is 4.87. The summed E-state index contributed by atoms with van der Waals surface area (Å²) in [6.45, 7) is 6.11. The van der Waals surface area contributed by atoms with Crippen LogP contribution in [0.15, 0.2) is 48.5 Å². The van der Waals surface area contributed by atoms with Crippen molar-refractivity contribution in [2.75, 3.05) is 34.0 Å². The molecule has 0 spiro atoms. The number of hydrogen-bond donors (Lipinski definition) is 1. The van der Waals surface area contributed by atoms with Crippen molar-refractivity contribution >= 4 is 5.91 Å². The fraction of sp³-hybridized carbons (Fsp3) is 0.387. The number of primary amides is 1. The third-order valence-corrected chi connectivity index (χ3v) is 7.44. The predicted molar refractivity (Wildman–Crippen MR) is 145 cm³/mol. The van der Waals surface area contributed by atoms with Gasteiger partial charge < -0.3 is 29.4 Å². The van der Waals surface area contributed by atoms with E-state index in [0.29, 0.717) is 26.4 Å². The summed E-state index contributed by atoms with van der Waals surface area (Å²) < 4.78 is 29.2. The Morgan fingerprint density at radius 2 is 1.84 bits per heavy atom. The summed E-state index contributed by atoms with van der Waals surface area (Å²) >= 11 is 0. The van der Waals surface area contributed by atoms with Crippen LogP contribution in [0.3, 0.4) is 0 Å². The smallest absolute Gasteiger partial charge is 0.218 e. The van der Waals surface area contributed by atoms with Crippen LogP contribution in [-0.2, 0) is 27.3 Å². The van der Waals surface area contributed by atoms with Gasteiger partial charge in [-0.15, -0.1) is 0 Å². The molecule has 0 saturated heterocycles. The Bertz CT molecular complexity index is 1340. The van der Waals surface area contributed by atoms with Gasteiger partial charge in [0.25, 0.3) is 0 Å². The van der Waals surface area contributed by atoms with E-state index in [2.05, 4.69) is 44.2 Å². The standard InChI is InChI=1S/C31H35NO6/c1-19-10-28-26(14-31(38-28,17-34-3)18-35-4)20(2)30(19)22-7-5-6-21(11-22)15-36-24-8-9-25-23(12-29(32)33)16-37-27(25)13-24/h5-11,13,23H,12,14-18H2,1-4H3,(H2,32,33). The highest BCUT2D eigenvalue weighted by Gasteiger charge is 2.41. The van der Waals surface area contributed by atoms with Crippen molar-refractivity contribution in [2.45, 2.75) is 44.8 Å². The Labute approximate surface area is 223 Å². The average Bonchev–Trinajstić information content (AvgIpc) is 3.44. The second-order valence-electron chi connectivity index (χ2n) is 10.4. The number of fused-ring (bicyclic) bond motifs is 2. The maximum atomic E-state index is 11.3. The molecule has 1 amide bonds. The zero-order chi connectivity index (χ0) is 26.9. The van der Waals surface area contributed by atoms with Gasteiger partial charge in [-0.25, -0.2) is 0 Å². The highest BCUT2D eigenvalue weighted by atomic mass is 16.6. The molecule has 2 N–H and O–H groups in total. The van der Waals surface area contributed by atoms with E-state index in [1.54, 1.807) is 14.2 Å². The van der Waals surface area contributed by atoms with Crippen LogP contribution in [0.1, 0.15) is 40.2 Å². The van der Waals surface area contributed by atoms with Gasteiger partial charge in [-0.3, -0.25) is 4.79 Å². The highest BCUT2D eigenvalue weighted by molar-refractivity contribution is 5.76. The first-order chi connectivity index (χ1) is 18.3. The second kappa shape index (κ2) is 10.7. The summed E-state index contributed by atoms with van der Waals surface area (Å²) in [5.74, 6) is 2.08. The average molecular weight is 518 g/mol. The molecule has 0 fully saturated rings. The molecule has 38 heavy (non-hydrogen) atoms. The number of aryl methyl sites for hydroxylation is 1. The van der Waals surface area contributed by atoms with Crippen molar-refractivity contribution in [3.05, 3.63) is 76.3 Å². The third kappa shape index (κ3) is 5.08. The molecule has 0 saturated carbocycles. The number of hydrogen-bond acceptors (Lipinski definition) is 6. The molecule has 3 aromatic rings. The lowest BCUT2D eigenvalue weighted by Crippen LogP contribution is -2.44. The lowest BCUT2D eigenvalue weighted by atomic mass is 9.88. The minimum Gasteiger partial charge on any atom is -0.492 e. The number of carbonyl (C=O) groups excluding carboxylic acids is 1. The SMILES string of the molecule is COCC1(COC)Cc2c(cc(C)c(-c3cccc(COc4ccc5c(c4)OCC5CC(N)=O)c3)c2C)O1. The molecule has 5 rings (SSSR count). The van der Waals surface area contributed by atoms with Gasteiger partial charge in [0.05, 0.1) is 19.8 Å². The molecule has 7 nitrogen and oxygen atoms in total. The van der Waals surface area contributed by atoms with E-state index >= 15 is 0 Å². The Morgan fingerprint density at radius 3 is 2.58 bits per heavy atom. The van der Waals surface area contributed by atoms with Crippen LogP contribution in [0.2, 0.25) is 0 Å². The van der Waals surface area contributed by atoms with Gasteiger partial charge in [0.2, 0.25) is 5.91 Å². The lowest BCUT2D eigenvalue weighted by Gasteiger charge is -2.27. The van der Waals surface area contributed by atoms with E-state index in [1.807, 2.05) is 18.2 Å². The van der Waals surface area contributed by atoms with Gasteiger partial charge in [-0.2, -0.15) is 0 Å². The number of rotatable bonds is 10. The van der Waals surface area contributed by atoms with E-state index < -0.39 is 5.60 Å². The molecule has 1 unspecified atom stereocenters. The van der Waals surface area contributed by atoms with Crippen molar-refractivity contribution in [1.29, 1.82) is 0 Å². The molecular formula is C31H35NO6. The quantitative estimate of drug-likeness (QED) is 0.413. The zero-order valence-electron chi connectivity index (χ0n) is 22.5. The number of methoxy groups -OCH3 is 2. The van der Waals surface area contributed by atoms with Crippen molar-refractivity contribution in [3.8, 4) is 28.4 Å². The summed E-state index contributed by atoms with van der Waals surface area (Å²) in [6, 6.07) is 16.4. The minimum absolute atomic E-state index is 0.00610. The molecule has 7 heteroatoms. The van der Waals surface area contributed by atoms with Crippen molar-refractivity contribution in [2.24, 2.45) is 5.73 Å². The van der Waals surface area contributed by atoms with E-state index in [9.17, 15) is 4.79 Å². The molecular weight excluding hydrogens is 482 g/mol. The van der Waals surface area contributed by atoms with Crippen LogP contribution in [0.4, 0.5) is 0 Å². The van der Waals surface area contributed by atoms with E-state index in [-0.39, 0.29) is 18.2 Å². The maximum Gasteiger partial charge on any atom is 0.218 e. The molecule has 2 heterocycles. The first-order valence-electron chi connectivity index (χ1n) is 12.9. The molecule has 0 aromatic heterocycles. The van der Waals surface area contributed by atoms with Gasteiger partial charge in [0.15, 0.2) is 5.60 Å². The van der Waals surface area contributed by atoms with Gasteiger partial charge in [0, 0.05) is 50.2 Å². The molecule has 0 bridgehead atoms. The monoisotopic (exact) mass is 517 g/mol. The Hall–Kier alpha value is -3.55. The summed E-state index contributed by atoms with van der Waals surface area (Å²) in [7, 11) is 3.38. The summed E-state index contributed by atoms with van der Waals surface area (Å²) in [6.07, 6.45) is 1.03.